The van der Waals surface area contributed by atoms with Crippen molar-refractivity contribution >= 4 is 11.8 Å². The molecule has 2 heterocycles. The van der Waals surface area contributed by atoms with Crippen LogP contribution >= 0.6 is 11.8 Å². The number of rotatable bonds is 4. The maximum absolute atomic E-state index is 4.40. The lowest BCUT2D eigenvalue weighted by molar-refractivity contribution is 0.604. The van der Waals surface area contributed by atoms with Gasteiger partial charge in [0.05, 0.1) is 12.0 Å². The fourth-order valence-electron chi connectivity index (χ4n) is 2.41. The van der Waals surface area contributed by atoms with Gasteiger partial charge in [-0.15, -0.1) is 11.8 Å². The van der Waals surface area contributed by atoms with Crippen LogP contribution in [0.1, 0.15) is 17.2 Å². The van der Waals surface area contributed by atoms with E-state index in [1.165, 1.54) is 16.2 Å². The summed E-state index contributed by atoms with van der Waals surface area (Å²) in [6, 6.07) is 8.74. The van der Waals surface area contributed by atoms with Crippen LogP contribution in [-0.2, 0) is 13.1 Å². The number of hydrogen-bond acceptors (Lipinski definition) is 3. The molecule has 1 unspecified atom stereocenters. The normalized spacial score (nSPS) is 17.9. The third-order valence-electron chi connectivity index (χ3n) is 3.27. The molecule has 1 aromatic carbocycles. The zero-order valence-corrected chi connectivity index (χ0v) is 11.3. The minimum absolute atomic E-state index is 0.614. The van der Waals surface area contributed by atoms with Crippen molar-refractivity contribution in [2.75, 3.05) is 12.8 Å². The molecule has 0 amide bonds. The van der Waals surface area contributed by atoms with Crippen LogP contribution < -0.4 is 5.32 Å². The number of benzene rings is 1. The first-order valence-corrected chi connectivity index (χ1v) is 7.22. The molecule has 1 aromatic heterocycles. The summed E-state index contributed by atoms with van der Waals surface area (Å²) in [7, 11) is 1.95. The van der Waals surface area contributed by atoms with Crippen LogP contribution in [0.15, 0.2) is 41.7 Å². The van der Waals surface area contributed by atoms with Crippen molar-refractivity contribution < 1.29 is 0 Å². The second kappa shape index (κ2) is 5.16. The minimum Gasteiger partial charge on any atom is -0.337 e. The van der Waals surface area contributed by atoms with Crippen LogP contribution in [0.3, 0.4) is 0 Å². The van der Waals surface area contributed by atoms with Crippen molar-refractivity contribution in [3.05, 3.63) is 48.0 Å². The van der Waals surface area contributed by atoms with Gasteiger partial charge in [0, 0.05) is 35.9 Å². The third kappa shape index (κ3) is 2.31. The molecule has 2 aromatic rings. The number of imidazole rings is 1. The summed E-state index contributed by atoms with van der Waals surface area (Å²) < 4.78 is 2.21. The Hall–Kier alpha value is -1.26. The molecule has 1 aliphatic rings. The Morgan fingerprint density at radius 2 is 2.33 bits per heavy atom. The summed E-state index contributed by atoms with van der Waals surface area (Å²) in [5, 5.41) is 3.13. The number of fused-ring (bicyclic) bond motifs is 1. The van der Waals surface area contributed by atoms with Gasteiger partial charge < -0.3 is 9.88 Å². The van der Waals surface area contributed by atoms with E-state index < -0.39 is 0 Å². The van der Waals surface area contributed by atoms with Crippen molar-refractivity contribution in [2.24, 2.45) is 0 Å². The molecule has 1 N–H and O–H groups in total. The predicted molar refractivity (Wildman–Crippen MR) is 74.9 cm³/mol. The molecule has 0 radical (unpaired) electrons. The predicted octanol–water partition coefficient (Wildman–Crippen LogP) is 2.49. The molecule has 94 valence electrons. The number of thioether (sulfide) groups is 1. The monoisotopic (exact) mass is 259 g/mol. The van der Waals surface area contributed by atoms with Gasteiger partial charge in [-0.2, -0.15) is 0 Å². The SMILES string of the molecule is CNCc1cn(CC2CSc3ccccc32)cn1. The molecule has 0 fully saturated rings. The van der Waals surface area contributed by atoms with E-state index in [1.807, 2.05) is 25.1 Å². The van der Waals surface area contributed by atoms with Crippen molar-refractivity contribution in [3.8, 4) is 0 Å². The molecule has 3 rings (SSSR count). The second-order valence-electron chi connectivity index (χ2n) is 4.64. The Kier molecular flexibility index (Phi) is 3.39. The van der Waals surface area contributed by atoms with E-state index in [-0.39, 0.29) is 0 Å². The van der Waals surface area contributed by atoms with Crippen LogP contribution in [0, 0.1) is 0 Å². The zero-order valence-electron chi connectivity index (χ0n) is 10.5. The molecule has 0 saturated heterocycles. The molecular formula is C14H17N3S. The maximum Gasteiger partial charge on any atom is 0.0950 e. The van der Waals surface area contributed by atoms with Gasteiger partial charge in [-0.3, -0.25) is 0 Å². The van der Waals surface area contributed by atoms with E-state index in [9.17, 15) is 0 Å². The zero-order chi connectivity index (χ0) is 12.4. The molecule has 1 aliphatic heterocycles. The molecule has 0 bridgehead atoms. The van der Waals surface area contributed by atoms with Crippen LogP contribution in [0.25, 0.3) is 0 Å². The molecule has 18 heavy (non-hydrogen) atoms. The number of nitrogens with one attached hydrogen (secondary N) is 1. The molecule has 0 spiro atoms. The van der Waals surface area contributed by atoms with Crippen LogP contribution in [0.5, 0.6) is 0 Å². The van der Waals surface area contributed by atoms with E-state index >= 15 is 0 Å². The number of hydrogen-bond donors (Lipinski definition) is 1. The van der Waals surface area contributed by atoms with E-state index in [2.05, 4.69) is 45.3 Å². The van der Waals surface area contributed by atoms with Gasteiger partial charge in [0.25, 0.3) is 0 Å². The van der Waals surface area contributed by atoms with Gasteiger partial charge >= 0.3 is 0 Å². The van der Waals surface area contributed by atoms with E-state index in [1.54, 1.807) is 0 Å². The first-order chi connectivity index (χ1) is 8.86. The van der Waals surface area contributed by atoms with Crippen molar-refractivity contribution in [3.63, 3.8) is 0 Å². The molecular weight excluding hydrogens is 242 g/mol. The highest BCUT2D eigenvalue weighted by molar-refractivity contribution is 7.99. The van der Waals surface area contributed by atoms with Crippen LogP contribution in [0.4, 0.5) is 0 Å². The first-order valence-electron chi connectivity index (χ1n) is 6.24. The highest BCUT2D eigenvalue weighted by atomic mass is 32.2. The molecule has 0 saturated carbocycles. The molecule has 0 aliphatic carbocycles. The average molecular weight is 259 g/mol. The molecule has 1 atom stereocenters. The summed E-state index contributed by atoms with van der Waals surface area (Å²) in [6.45, 7) is 1.86. The Morgan fingerprint density at radius 3 is 3.22 bits per heavy atom. The Bertz CT molecular complexity index is 535. The summed E-state index contributed by atoms with van der Waals surface area (Å²) in [5.74, 6) is 1.79. The smallest absolute Gasteiger partial charge is 0.0950 e. The maximum atomic E-state index is 4.40. The summed E-state index contributed by atoms with van der Waals surface area (Å²) in [6.07, 6.45) is 4.08. The molecule has 3 nitrogen and oxygen atoms in total. The van der Waals surface area contributed by atoms with Crippen LogP contribution in [0.2, 0.25) is 0 Å². The summed E-state index contributed by atoms with van der Waals surface area (Å²) in [5.41, 5.74) is 2.60. The Morgan fingerprint density at radius 1 is 1.44 bits per heavy atom. The Labute approximate surface area is 112 Å². The van der Waals surface area contributed by atoms with Gasteiger partial charge in [0.1, 0.15) is 0 Å². The summed E-state index contributed by atoms with van der Waals surface area (Å²) >= 11 is 1.97. The van der Waals surface area contributed by atoms with Crippen LogP contribution in [-0.4, -0.2) is 22.4 Å². The highest BCUT2D eigenvalue weighted by Crippen LogP contribution is 2.39. The first kappa shape index (κ1) is 11.8. The largest absolute Gasteiger partial charge is 0.337 e. The van der Waals surface area contributed by atoms with Gasteiger partial charge in [0.2, 0.25) is 0 Å². The van der Waals surface area contributed by atoms with Crippen molar-refractivity contribution in [1.29, 1.82) is 0 Å². The van der Waals surface area contributed by atoms with Gasteiger partial charge in [-0.05, 0) is 18.7 Å². The lowest BCUT2D eigenvalue weighted by atomic mass is 10.0. The fourth-order valence-corrected chi connectivity index (χ4v) is 3.66. The van der Waals surface area contributed by atoms with Crippen molar-refractivity contribution in [1.82, 2.24) is 14.9 Å². The quantitative estimate of drug-likeness (QED) is 0.915. The van der Waals surface area contributed by atoms with Crippen molar-refractivity contribution in [2.45, 2.75) is 23.9 Å². The summed E-state index contributed by atoms with van der Waals surface area (Å²) in [4.78, 5) is 5.84. The fraction of sp³-hybridized carbons (Fsp3) is 0.357. The van der Waals surface area contributed by atoms with Gasteiger partial charge in [-0.25, -0.2) is 4.98 Å². The van der Waals surface area contributed by atoms with E-state index in [0.29, 0.717) is 5.92 Å². The third-order valence-corrected chi connectivity index (χ3v) is 4.53. The van der Waals surface area contributed by atoms with Gasteiger partial charge in [-0.1, -0.05) is 18.2 Å². The average Bonchev–Trinajstić information content (AvgIpc) is 2.99. The molecule has 4 heteroatoms. The number of aromatic nitrogens is 2. The minimum atomic E-state index is 0.614. The van der Waals surface area contributed by atoms with E-state index in [0.717, 1.165) is 18.8 Å². The standard InChI is InChI=1S/C14H17N3S/c1-15-6-12-8-17(10-16-12)7-11-9-18-14-5-3-2-4-13(11)14/h2-5,8,10-11,15H,6-7,9H2,1H3. The lowest BCUT2D eigenvalue weighted by Gasteiger charge is -2.10. The van der Waals surface area contributed by atoms with Gasteiger partial charge in [0.15, 0.2) is 0 Å². The number of nitrogens with zero attached hydrogens (tertiary/aromatic N) is 2. The van der Waals surface area contributed by atoms with E-state index in [4.69, 9.17) is 0 Å². The highest BCUT2D eigenvalue weighted by Gasteiger charge is 2.22. The topological polar surface area (TPSA) is 29.9 Å². The lowest BCUT2D eigenvalue weighted by Crippen LogP contribution is -2.08. The second-order valence-corrected chi connectivity index (χ2v) is 5.70. The Balaban J connectivity index is 1.73.